The minimum atomic E-state index is -1.04. The van der Waals surface area contributed by atoms with Gasteiger partial charge in [0.2, 0.25) is 0 Å². The molecule has 0 amide bonds. The predicted octanol–water partition coefficient (Wildman–Crippen LogP) is 4.60. The second-order valence-corrected chi connectivity index (χ2v) is 11.7. The standard InChI is InChI=1S/C14H30OSi/c1-6-7-8-9-10-14(15)11-13(2)12-16(3,4)5/h14-15H,2,6-12H2,1,3-5H3/t14-/m0/s1. The highest BCUT2D eigenvalue weighted by Gasteiger charge is 2.16. The van der Waals surface area contributed by atoms with Gasteiger partial charge in [0.1, 0.15) is 0 Å². The molecule has 0 fully saturated rings. The maximum Gasteiger partial charge on any atom is 0.0577 e. The van der Waals surface area contributed by atoms with Gasteiger partial charge >= 0.3 is 0 Å². The van der Waals surface area contributed by atoms with Gasteiger partial charge in [0.15, 0.2) is 0 Å². The molecule has 0 aliphatic rings. The van der Waals surface area contributed by atoms with Gasteiger partial charge in [0, 0.05) is 8.07 Å². The van der Waals surface area contributed by atoms with Crippen LogP contribution in [0.3, 0.4) is 0 Å². The van der Waals surface area contributed by atoms with E-state index in [-0.39, 0.29) is 6.10 Å². The van der Waals surface area contributed by atoms with Crippen molar-refractivity contribution in [3.8, 4) is 0 Å². The fourth-order valence-corrected chi connectivity index (χ4v) is 3.71. The van der Waals surface area contributed by atoms with Gasteiger partial charge in [-0.25, -0.2) is 0 Å². The Balaban J connectivity index is 3.62. The van der Waals surface area contributed by atoms with Gasteiger partial charge in [-0.1, -0.05) is 57.8 Å². The summed E-state index contributed by atoms with van der Waals surface area (Å²) >= 11 is 0. The molecule has 0 saturated carbocycles. The van der Waals surface area contributed by atoms with Crippen molar-refractivity contribution >= 4 is 8.07 Å². The zero-order valence-electron chi connectivity index (χ0n) is 11.7. The summed E-state index contributed by atoms with van der Waals surface area (Å²) in [5, 5.41) is 9.87. The van der Waals surface area contributed by atoms with Crippen molar-refractivity contribution < 1.29 is 5.11 Å². The maximum atomic E-state index is 9.87. The normalized spacial score (nSPS) is 13.8. The van der Waals surface area contributed by atoms with E-state index >= 15 is 0 Å². The van der Waals surface area contributed by atoms with Crippen LogP contribution in [0, 0.1) is 0 Å². The first-order valence-corrected chi connectivity index (χ1v) is 10.4. The minimum Gasteiger partial charge on any atom is -0.393 e. The van der Waals surface area contributed by atoms with Crippen LogP contribution in [0.25, 0.3) is 0 Å². The van der Waals surface area contributed by atoms with E-state index in [4.69, 9.17) is 0 Å². The summed E-state index contributed by atoms with van der Waals surface area (Å²) in [7, 11) is -1.04. The van der Waals surface area contributed by atoms with Crippen molar-refractivity contribution in [2.45, 2.75) is 77.2 Å². The molecular weight excluding hydrogens is 212 g/mol. The molecule has 0 unspecified atom stereocenters. The summed E-state index contributed by atoms with van der Waals surface area (Å²) in [5.74, 6) is 0. The molecule has 0 aliphatic heterocycles. The zero-order chi connectivity index (χ0) is 12.6. The van der Waals surface area contributed by atoms with E-state index in [1.54, 1.807) is 0 Å². The van der Waals surface area contributed by atoms with E-state index in [1.165, 1.54) is 24.8 Å². The Kier molecular flexibility index (Phi) is 8.03. The largest absolute Gasteiger partial charge is 0.393 e. The van der Waals surface area contributed by atoms with Crippen LogP contribution in [0.1, 0.15) is 45.4 Å². The second kappa shape index (κ2) is 8.07. The van der Waals surface area contributed by atoms with Crippen molar-refractivity contribution in [1.29, 1.82) is 0 Å². The maximum absolute atomic E-state index is 9.87. The van der Waals surface area contributed by atoms with E-state index in [0.717, 1.165) is 25.3 Å². The summed E-state index contributed by atoms with van der Waals surface area (Å²) in [6, 6.07) is 1.15. The van der Waals surface area contributed by atoms with Crippen LogP contribution in [-0.2, 0) is 0 Å². The van der Waals surface area contributed by atoms with Crippen molar-refractivity contribution in [2.75, 3.05) is 0 Å². The molecule has 96 valence electrons. The third-order valence-electron chi connectivity index (χ3n) is 2.70. The van der Waals surface area contributed by atoms with Crippen molar-refractivity contribution in [3.05, 3.63) is 12.2 Å². The third-order valence-corrected chi connectivity index (χ3v) is 4.26. The van der Waals surface area contributed by atoms with Crippen LogP contribution in [0.2, 0.25) is 25.7 Å². The van der Waals surface area contributed by atoms with Crippen LogP contribution in [0.4, 0.5) is 0 Å². The molecule has 2 heteroatoms. The average Bonchev–Trinajstić information content (AvgIpc) is 2.09. The Labute approximate surface area is 103 Å². The minimum absolute atomic E-state index is 0.152. The first-order chi connectivity index (χ1) is 7.35. The molecule has 0 saturated heterocycles. The fraction of sp³-hybridized carbons (Fsp3) is 0.857. The van der Waals surface area contributed by atoms with Gasteiger partial charge in [0.25, 0.3) is 0 Å². The molecule has 1 nitrogen and oxygen atoms in total. The smallest absolute Gasteiger partial charge is 0.0577 e. The highest BCUT2D eigenvalue weighted by atomic mass is 28.3. The third kappa shape index (κ3) is 10.4. The van der Waals surface area contributed by atoms with E-state index in [0.29, 0.717) is 0 Å². The number of aliphatic hydroxyl groups is 1. The van der Waals surface area contributed by atoms with Crippen LogP contribution in [-0.4, -0.2) is 19.3 Å². The van der Waals surface area contributed by atoms with Gasteiger partial charge in [-0.2, -0.15) is 0 Å². The Morgan fingerprint density at radius 1 is 1.19 bits per heavy atom. The quantitative estimate of drug-likeness (QED) is 0.356. The van der Waals surface area contributed by atoms with Crippen molar-refractivity contribution in [2.24, 2.45) is 0 Å². The van der Waals surface area contributed by atoms with Crippen molar-refractivity contribution in [1.82, 2.24) is 0 Å². The number of unbranched alkanes of at least 4 members (excludes halogenated alkanes) is 3. The van der Waals surface area contributed by atoms with Gasteiger partial charge in [-0.15, -0.1) is 6.58 Å². The van der Waals surface area contributed by atoms with Gasteiger partial charge in [-0.05, 0) is 18.9 Å². The van der Waals surface area contributed by atoms with E-state index in [9.17, 15) is 5.11 Å². The highest BCUT2D eigenvalue weighted by molar-refractivity contribution is 6.76. The lowest BCUT2D eigenvalue weighted by molar-refractivity contribution is 0.161. The molecule has 0 spiro atoms. The SMILES string of the molecule is C=C(C[C@@H](O)CCCCCC)C[Si](C)(C)C. The number of aliphatic hydroxyl groups excluding tert-OH is 1. The zero-order valence-corrected chi connectivity index (χ0v) is 12.7. The molecule has 0 aromatic heterocycles. The van der Waals surface area contributed by atoms with Crippen LogP contribution in [0.15, 0.2) is 12.2 Å². The first kappa shape index (κ1) is 15.9. The average molecular weight is 242 g/mol. The predicted molar refractivity (Wildman–Crippen MR) is 76.7 cm³/mol. The summed E-state index contributed by atoms with van der Waals surface area (Å²) < 4.78 is 0. The summed E-state index contributed by atoms with van der Waals surface area (Å²) in [6.07, 6.45) is 6.59. The topological polar surface area (TPSA) is 20.2 Å². The molecular formula is C14H30OSi. The monoisotopic (exact) mass is 242 g/mol. The fourth-order valence-electron chi connectivity index (χ4n) is 2.06. The lowest BCUT2D eigenvalue weighted by Gasteiger charge is -2.19. The van der Waals surface area contributed by atoms with Gasteiger partial charge in [-0.3, -0.25) is 0 Å². The molecule has 0 aliphatic carbocycles. The lowest BCUT2D eigenvalue weighted by atomic mass is 10.0. The molecule has 0 bridgehead atoms. The van der Waals surface area contributed by atoms with E-state index in [2.05, 4.69) is 33.1 Å². The van der Waals surface area contributed by atoms with E-state index < -0.39 is 8.07 Å². The summed E-state index contributed by atoms with van der Waals surface area (Å²) in [4.78, 5) is 0. The van der Waals surface area contributed by atoms with Crippen LogP contribution < -0.4 is 0 Å². The number of hydrogen-bond acceptors (Lipinski definition) is 1. The number of hydrogen-bond donors (Lipinski definition) is 1. The molecule has 1 N–H and O–H groups in total. The molecule has 16 heavy (non-hydrogen) atoms. The summed E-state index contributed by atoms with van der Waals surface area (Å²) in [5.41, 5.74) is 1.25. The van der Waals surface area contributed by atoms with Gasteiger partial charge < -0.3 is 5.11 Å². The molecule has 0 aromatic rings. The molecule has 0 rings (SSSR count). The summed E-state index contributed by atoms with van der Waals surface area (Å²) in [6.45, 7) is 13.4. The second-order valence-electron chi connectivity index (χ2n) is 6.19. The molecule has 0 radical (unpaired) electrons. The lowest BCUT2D eigenvalue weighted by Crippen LogP contribution is -2.21. The van der Waals surface area contributed by atoms with Crippen molar-refractivity contribution in [3.63, 3.8) is 0 Å². The molecule has 0 heterocycles. The Morgan fingerprint density at radius 2 is 1.81 bits per heavy atom. The van der Waals surface area contributed by atoms with Gasteiger partial charge in [0.05, 0.1) is 6.10 Å². The van der Waals surface area contributed by atoms with Crippen LogP contribution in [0.5, 0.6) is 0 Å². The Morgan fingerprint density at radius 3 is 2.31 bits per heavy atom. The molecule has 1 atom stereocenters. The number of rotatable bonds is 9. The first-order valence-electron chi connectivity index (χ1n) is 6.70. The Bertz CT molecular complexity index is 193. The van der Waals surface area contributed by atoms with E-state index in [1.807, 2.05) is 0 Å². The molecule has 0 aromatic carbocycles. The highest BCUT2D eigenvalue weighted by Crippen LogP contribution is 2.20. The van der Waals surface area contributed by atoms with Crippen LogP contribution >= 0.6 is 0 Å². The Hall–Kier alpha value is -0.0831.